The highest BCUT2D eigenvalue weighted by molar-refractivity contribution is 5.79. The van der Waals surface area contributed by atoms with Gasteiger partial charge in [0.15, 0.2) is 5.96 Å². The first-order valence-electron chi connectivity index (χ1n) is 9.43. The second kappa shape index (κ2) is 10.1. The molecule has 5 nitrogen and oxygen atoms in total. The molecule has 0 amide bonds. The fourth-order valence-corrected chi connectivity index (χ4v) is 4.00. The summed E-state index contributed by atoms with van der Waals surface area (Å²) in [6, 6.07) is 0.932. The molecule has 1 saturated carbocycles. The van der Waals surface area contributed by atoms with Crippen LogP contribution in [0.25, 0.3) is 0 Å². The molecule has 1 aliphatic heterocycles. The van der Waals surface area contributed by atoms with Gasteiger partial charge in [-0.05, 0) is 45.1 Å². The zero-order chi connectivity index (χ0) is 16.5. The van der Waals surface area contributed by atoms with Gasteiger partial charge in [0.2, 0.25) is 0 Å². The second-order valence-electron chi connectivity index (χ2n) is 7.25. The first-order chi connectivity index (χ1) is 11.2. The van der Waals surface area contributed by atoms with Crippen LogP contribution in [-0.4, -0.2) is 63.3 Å². The van der Waals surface area contributed by atoms with Gasteiger partial charge in [0.1, 0.15) is 0 Å². The molecule has 0 spiro atoms. The molecular weight excluding hydrogens is 288 g/mol. The van der Waals surface area contributed by atoms with Crippen LogP contribution in [0.15, 0.2) is 4.99 Å². The van der Waals surface area contributed by atoms with Crippen molar-refractivity contribution in [3.05, 3.63) is 0 Å². The number of guanidine groups is 1. The normalized spacial score (nSPS) is 25.5. The van der Waals surface area contributed by atoms with E-state index in [9.17, 15) is 0 Å². The van der Waals surface area contributed by atoms with E-state index in [1.807, 2.05) is 7.05 Å². The Morgan fingerprint density at radius 1 is 1.22 bits per heavy atom. The molecule has 2 rings (SSSR count). The van der Waals surface area contributed by atoms with E-state index in [-0.39, 0.29) is 6.04 Å². The lowest BCUT2D eigenvalue weighted by molar-refractivity contribution is 0.178. The van der Waals surface area contributed by atoms with E-state index < -0.39 is 0 Å². The molecule has 2 N–H and O–H groups in total. The third kappa shape index (κ3) is 6.30. The van der Waals surface area contributed by atoms with Crippen molar-refractivity contribution in [1.82, 2.24) is 15.5 Å². The highest BCUT2D eigenvalue weighted by Gasteiger charge is 2.27. The van der Waals surface area contributed by atoms with E-state index in [0.29, 0.717) is 12.6 Å². The Labute approximate surface area is 142 Å². The van der Waals surface area contributed by atoms with Crippen LogP contribution in [0.4, 0.5) is 0 Å². The van der Waals surface area contributed by atoms with Gasteiger partial charge in [0.25, 0.3) is 0 Å². The van der Waals surface area contributed by atoms with Gasteiger partial charge in [-0.3, -0.25) is 9.89 Å². The van der Waals surface area contributed by atoms with Crippen molar-refractivity contribution in [2.45, 2.75) is 64.0 Å². The van der Waals surface area contributed by atoms with Gasteiger partial charge >= 0.3 is 0 Å². The molecule has 134 valence electrons. The maximum atomic E-state index is 5.18. The standard InChI is InChI=1S/C18H36N4O/c1-15(14-23-3)21-18(19-2)20-12-17-10-7-11-22(17)13-16-8-5-4-6-9-16/h15-17H,4-14H2,1-3H3,(H2,19,20,21). The summed E-state index contributed by atoms with van der Waals surface area (Å²) in [6.45, 7) is 6.37. The summed E-state index contributed by atoms with van der Waals surface area (Å²) in [5, 5.41) is 6.89. The first kappa shape index (κ1) is 18.5. The topological polar surface area (TPSA) is 48.9 Å². The quantitative estimate of drug-likeness (QED) is 0.557. The Kier molecular flexibility index (Phi) is 8.17. The van der Waals surface area contributed by atoms with Crippen molar-refractivity contribution in [3.63, 3.8) is 0 Å². The molecule has 0 aromatic heterocycles. The van der Waals surface area contributed by atoms with Crippen LogP contribution >= 0.6 is 0 Å². The van der Waals surface area contributed by atoms with Crippen LogP contribution in [0.3, 0.4) is 0 Å². The van der Waals surface area contributed by atoms with Gasteiger partial charge < -0.3 is 15.4 Å². The molecule has 23 heavy (non-hydrogen) atoms. The molecule has 1 aliphatic carbocycles. The lowest BCUT2D eigenvalue weighted by Gasteiger charge is -2.31. The minimum Gasteiger partial charge on any atom is -0.383 e. The molecular formula is C18H36N4O. The molecule has 0 aromatic carbocycles. The fourth-order valence-electron chi connectivity index (χ4n) is 4.00. The van der Waals surface area contributed by atoms with Crippen LogP contribution in [0.5, 0.6) is 0 Å². The van der Waals surface area contributed by atoms with Gasteiger partial charge in [-0.15, -0.1) is 0 Å². The van der Waals surface area contributed by atoms with Crippen molar-refractivity contribution in [3.8, 4) is 0 Å². The zero-order valence-electron chi connectivity index (χ0n) is 15.3. The van der Waals surface area contributed by atoms with Crippen molar-refractivity contribution >= 4 is 5.96 Å². The third-order valence-corrected chi connectivity index (χ3v) is 5.25. The van der Waals surface area contributed by atoms with E-state index >= 15 is 0 Å². The van der Waals surface area contributed by atoms with Gasteiger partial charge in [0.05, 0.1) is 6.61 Å². The highest BCUT2D eigenvalue weighted by atomic mass is 16.5. The van der Waals surface area contributed by atoms with Crippen LogP contribution in [-0.2, 0) is 4.74 Å². The van der Waals surface area contributed by atoms with Gasteiger partial charge in [0, 0.05) is 39.3 Å². The van der Waals surface area contributed by atoms with E-state index in [2.05, 4.69) is 27.4 Å². The van der Waals surface area contributed by atoms with Gasteiger partial charge in [-0.2, -0.15) is 0 Å². The SMILES string of the molecule is CN=C(NCC1CCCN1CC1CCCCC1)NC(C)COC. The molecule has 1 saturated heterocycles. The number of methoxy groups -OCH3 is 1. The van der Waals surface area contributed by atoms with Gasteiger partial charge in [-0.25, -0.2) is 0 Å². The number of ether oxygens (including phenoxy) is 1. The lowest BCUT2D eigenvalue weighted by Crippen LogP contribution is -2.48. The minimum absolute atomic E-state index is 0.271. The minimum atomic E-state index is 0.271. The Hall–Kier alpha value is -0.810. The predicted octanol–water partition coefficient (Wildman–Crippen LogP) is 2.23. The van der Waals surface area contributed by atoms with Crippen molar-refractivity contribution < 1.29 is 4.74 Å². The molecule has 2 unspecified atom stereocenters. The third-order valence-electron chi connectivity index (χ3n) is 5.25. The number of rotatable bonds is 7. The molecule has 5 heteroatoms. The molecule has 1 heterocycles. The van der Waals surface area contributed by atoms with Crippen molar-refractivity contribution in [2.75, 3.05) is 40.4 Å². The van der Waals surface area contributed by atoms with E-state index in [1.54, 1.807) is 7.11 Å². The molecule has 2 aliphatic rings. The second-order valence-corrected chi connectivity index (χ2v) is 7.25. The maximum Gasteiger partial charge on any atom is 0.191 e. The lowest BCUT2D eigenvalue weighted by atomic mass is 9.89. The number of hydrogen-bond donors (Lipinski definition) is 2. The van der Waals surface area contributed by atoms with Gasteiger partial charge in [-0.1, -0.05) is 19.3 Å². The molecule has 2 fully saturated rings. The van der Waals surface area contributed by atoms with E-state index in [0.717, 1.165) is 18.4 Å². The van der Waals surface area contributed by atoms with Crippen LogP contribution in [0.2, 0.25) is 0 Å². The predicted molar refractivity (Wildman–Crippen MR) is 97.0 cm³/mol. The number of nitrogens with zero attached hydrogens (tertiary/aromatic N) is 2. The highest BCUT2D eigenvalue weighted by Crippen LogP contribution is 2.27. The summed E-state index contributed by atoms with van der Waals surface area (Å²) in [7, 11) is 3.57. The summed E-state index contributed by atoms with van der Waals surface area (Å²) in [4.78, 5) is 7.05. The monoisotopic (exact) mass is 324 g/mol. The van der Waals surface area contributed by atoms with Crippen molar-refractivity contribution in [2.24, 2.45) is 10.9 Å². The van der Waals surface area contributed by atoms with E-state index in [1.165, 1.54) is 58.0 Å². The Bertz CT molecular complexity index is 355. The summed E-state index contributed by atoms with van der Waals surface area (Å²) in [5.74, 6) is 1.82. The maximum absolute atomic E-state index is 5.18. The first-order valence-corrected chi connectivity index (χ1v) is 9.43. The Morgan fingerprint density at radius 2 is 2.00 bits per heavy atom. The summed E-state index contributed by atoms with van der Waals surface area (Å²) in [6.07, 6.45) is 9.85. The number of nitrogens with one attached hydrogen (secondary N) is 2. The van der Waals surface area contributed by atoms with Crippen LogP contribution in [0, 0.1) is 5.92 Å². The summed E-state index contributed by atoms with van der Waals surface area (Å²) >= 11 is 0. The smallest absolute Gasteiger partial charge is 0.191 e. The molecule has 0 bridgehead atoms. The summed E-state index contributed by atoms with van der Waals surface area (Å²) < 4.78 is 5.18. The number of aliphatic imine (C=N–C) groups is 1. The average molecular weight is 325 g/mol. The zero-order valence-corrected chi connectivity index (χ0v) is 15.3. The molecule has 0 radical (unpaired) electrons. The summed E-state index contributed by atoms with van der Waals surface area (Å²) in [5.41, 5.74) is 0. The van der Waals surface area contributed by atoms with Crippen LogP contribution in [0.1, 0.15) is 51.9 Å². The largest absolute Gasteiger partial charge is 0.383 e. The Balaban J connectivity index is 1.74. The van der Waals surface area contributed by atoms with Crippen LogP contribution < -0.4 is 10.6 Å². The fraction of sp³-hybridized carbons (Fsp3) is 0.944. The number of likely N-dealkylation sites (tertiary alicyclic amines) is 1. The molecule has 2 atom stereocenters. The average Bonchev–Trinajstić information content (AvgIpc) is 2.99. The Morgan fingerprint density at radius 3 is 2.70 bits per heavy atom. The van der Waals surface area contributed by atoms with Crippen molar-refractivity contribution in [1.29, 1.82) is 0 Å². The number of hydrogen-bond acceptors (Lipinski definition) is 3. The molecule has 0 aromatic rings. The van der Waals surface area contributed by atoms with E-state index in [4.69, 9.17) is 4.74 Å².